The van der Waals surface area contributed by atoms with Crippen molar-refractivity contribution < 1.29 is 19.1 Å². The summed E-state index contributed by atoms with van der Waals surface area (Å²) in [6, 6.07) is 13.8. The van der Waals surface area contributed by atoms with Crippen molar-refractivity contribution in [3.8, 4) is 17.6 Å². The standard InChI is InChI=1S/C24H27N5O4/c1-17(29-10-8-28(9-11-29)16-19-4-2-18(15-25)3-5-19)23(30)27-24(31)26-20-6-7-21-22(14-20)33-13-12-32-21/h2-7,14,17H,8-13,16H2,1H3,(H2,26,27,30,31)/t17-/m0/s1. The molecule has 4 rings (SSSR count). The van der Waals surface area contributed by atoms with Gasteiger partial charge >= 0.3 is 6.03 Å². The van der Waals surface area contributed by atoms with Crippen molar-refractivity contribution in [2.45, 2.75) is 19.5 Å². The van der Waals surface area contributed by atoms with Crippen molar-refractivity contribution >= 4 is 17.6 Å². The van der Waals surface area contributed by atoms with Crippen LogP contribution < -0.4 is 20.1 Å². The lowest BCUT2D eigenvalue weighted by Crippen LogP contribution is -2.54. The number of imide groups is 1. The lowest BCUT2D eigenvalue weighted by Gasteiger charge is -2.37. The Morgan fingerprint density at radius 2 is 1.73 bits per heavy atom. The number of piperazine rings is 1. The minimum Gasteiger partial charge on any atom is -0.486 e. The van der Waals surface area contributed by atoms with Gasteiger partial charge in [-0.25, -0.2) is 4.79 Å². The number of nitrogens with zero attached hydrogens (tertiary/aromatic N) is 3. The second-order valence-corrected chi connectivity index (χ2v) is 8.10. The van der Waals surface area contributed by atoms with Gasteiger partial charge in [0.2, 0.25) is 5.91 Å². The van der Waals surface area contributed by atoms with Crippen LogP contribution in [0.25, 0.3) is 0 Å². The highest BCUT2D eigenvalue weighted by Crippen LogP contribution is 2.32. The molecule has 1 atom stereocenters. The topological polar surface area (TPSA) is 107 Å². The van der Waals surface area contributed by atoms with E-state index in [1.165, 1.54) is 0 Å². The number of rotatable bonds is 5. The molecule has 0 unspecified atom stereocenters. The SMILES string of the molecule is C[C@@H](C(=O)NC(=O)Nc1ccc2c(c1)OCCO2)N1CCN(Cc2ccc(C#N)cc2)CC1. The van der Waals surface area contributed by atoms with Crippen LogP contribution >= 0.6 is 0 Å². The summed E-state index contributed by atoms with van der Waals surface area (Å²) in [4.78, 5) is 29.3. The number of fused-ring (bicyclic) bond motifs is 1. The second kappa shape index (κ2) is 10.3. The Hall–Kier alpha value is -3.61. The molecule has 9 heteroatoms. The predicted octanol–water partition coefficient (Wildman–Crippen LogP) is 2.18. The predicted molar refractivity (Wildman–Crippen MR) is 122 cm³/mol. The number of hydrogen-bond acceptors (Lipinski definition) is 7. The first-order valence-electron chi connectivity index (χ1n) is 11.0. The van der Waals surface area contributed by atoms with Gasteiger partial charge in [0.25, 0.3) is 0 Å². The van der Waals surface area contributed by atoms with Crippen LogP contribution in [0.5, 0.6) is 11.5 Å². The molecular weight excluding hydrogens is 422 g/mol. The second-order valence-electron chi connectivity index (χ2n) is 8.10. The van der Waals surface area contributed by atoms with E-state index in [0.717, 1.165) is 38.3 Å². The lowest BCUT2D eigenvalue weighted by atomic mass is 10.1. The van der Waals surface area contributed by atoms with Gasteiger partial charge in [-0.05, 0) is 36.8 Å². The van der Waals surface area contributed by atoms with E-state index < -0.39 is 12.1 Å². The summed E-state index contributed by atoms with van der Waals surface area (Å²) in [6.07, 6.45) is 0. The van der Waals surface area contributed by atoms with Gasteiger partial charge in [0.05, 0.1) is 17.7 Å². The maximum absolute atomic E-state index is 12.6. The van der Waals surface area contributed by atoms with Gasteiger partial charge in [-0.3, -0.25) is 19.9 Å². The number of carbonyl (C=O) groups excluding carboxylic acids is 2. The highest BCUT2D eigenvalue weighted by Gasteiger charge is 2.26. The number of anilines is 1. The van der Waals surface area contributed by atoms with Crippen molar-refractivity contribution in [2.24, 2.45) is 0 Å². The van der Waals surface area contributed by atoms with Crippen molar-refractivity contribution in [3.63, 3.8) is 0 Å². The Labute approximate surface area is 192 Å². The number of urea groups is 1. The Kier molecular flexibility index (Phi) is 7.07. The van der Waals surface area contributed by atoms with E-state index in [4.69, 9.17) is 14.7 Å². The molecular formula is C24H27N5O4. The average molecular weight is 450 g/mol. The van der Waals surface area contributed by atoms with E-state index >= 15 is 0 Å². The number of hydrogen-bond donors (Lipinski definition) is 2. The fourth-order valence-corrected chi connectivity index (χ4v) is 3.92. The minimum atomic E-state index is -0.581. The highest BCUT2D eigenvalue weighted by atomic mass is 16.6. The van der Waals surface area contributed by atoms with E-state index in [1.807, 2.05) is 31.2 Å². The molecule has 0 bridgehead atoms. The average Bonchev–Trinajstić information content (AvgIpc) is 2.84. The summed E-state index contributed by atoms with van der Waals surface area (Å²) < 4.78 is 11.0. The van der Waals surface area contributed by atoms with Gasteiger partial charge in [-0.2, -0.15) is 5.26 Å². The Morgan fingerprint density at radius 3 is 2.42 bits per heavy atom. The number of amides is 3. The van der Waals surface area contributed by atoms with Crippen molar-refractivity contribution in [1.82, 2.24) is 15.1 Å². The third-order valence-electron chi connectivity index (χ3n) is 5.86. The maximum Gasteiger partial charge on any atom is 0.325 e. The van der Waals surface area contributed by atoms with Gasteiger partial charge in [0.15, 0.2) is 11.5 Å². The van der Waals surface area contributed by atoms with Gasteiger partial charge < -0.3 is 14.8 Å². The zero-order chi connectivity index (χ0) is 23.2. The number of nitrogens with one attached hydrogen (secondary N) is 2. The quantitative estimate of drug-likeness (QED) is 0.721. The molecule has 1 fully saturated rings. The number of ether oxygens (including phenoxy) is 2. The maximum atomic E-state index is 12.6. The monoisotopic (exact) mass is 449 g/mol. The number of benzene rings is 2. The van der Waals surface area contributed by atoms with Crippen LogP contribution in [-0.2, 0) is 11.3 Å². The molecule has 172 valence electrons. The van der Waals surface area contributed by atoms with Gasteiger partial charge in [-0.15, -0.1) is 0 Å². The van der Waals surface area contributed by atoms with E-state index in [9.17, 15) is 9.59 Å². The molecule has 9 nitrogen and oxygen atoms in total. The first kappa shape index (κ1) is 22.6. The van der Waals surface area contributed by atoms with Crippen LogP contribution in [0.2, 0.25) is 0 Å². The molecule has 0 saturated carbocycles. The highest BCUT2D eigenvalue weighted by molar-refractivity contribution is 6.02. The Balaban J connectivity index is 1.23. The molecule has 0 radical (unpaired) electrons. The summed E-state index contributed by atoms with van der Waals surface area (Å²) in [7, 11) is 0. The van der Waals surface area contributed by atoms with Gasteiger partial charge in [-0.1, -0.05) is 12.1 Å². The molecule has 0 spiro atoms. The fourth-order valence-electron chi connectivity index (χ4n) is 3.92. The van der Waals surface area contributed by atoms with Gasteiger partial charge in [0.1, 0.15) is 13.2 Å². The van der Waals surface area contributed by atoms with Crippen LogP contribution in [0.3, 0.4) is 0 Å². The van der Waals surface area contributed by atoms with Crippen LogP contribution in [-0.4, -0.2) is 67.2 Å². The van der Waals surface area contributed by atoms with Crippen molar-refractivity contribution in [1.29, 1.82) is 5.26 Å². The lowest BCUT2D eigenvalue weighted by molar-refractivity contribution is -0.125. The van der Waals surface area contributed by atoms with Crippen LogP contribution in [0, 0.1) is 11.3 Å². The number of nitriles is 1. The van der Waals surface area contributed by atoms with Crippen LogP contribution in [0.1, 0.15) is 18.1 Å². The van der Waals surface area contributed by atoms with Crippen molar-refractivity contribution in [2.75, 3.05) is 44.7 Å². The molecule has 0 aliphatic carbocycles. The summed E-state index contributed by atoms with van der Waals surface area (Å²) in [6.45, 7) is 6.67. The molecule has 2 N–H and O–H groups in total. The molecule has 2 aromatic carbocycles. The summed E-state index contributed by atoms with van der Waals surface area (Å²) in [5, 5.41) is 14.0. The molecule has 0 aromatic heterocycles. The molecule has 2 aromatic rings. The third-order valence-corrected chi connectivity index (χ3v) is 5.86. The number of carbonyl (C=O) groups is 2. The first-order chi connectivity index (χ1) is 16.0. The zero-order valence-electron chi connectivity index (χ0n) is 18.5. The molecule has 2 heterocycles. The molecule has 2 aliphatic heterocycles. The Bertz CT molecular complexity index is 1040. The third kappa shape index (κ3) is 5.80. The van der Waals surface area contributed by atoms with E-state index in [0.29, 0.717) is 36.0 Å². The zero-order valence-corrected chi connectivity index (χ0v) is 18.5. The summed E-state index contributed by atoms with van der Waals surface area (Å²) >= 11 is 0. The van der Waals surface area contributed by atoms with Crippen LogP contribution in [0.15, 0.2) is 42.5 Å². The van der Waals surface area contributed by atoms with E-state index in [2.05, 4.69) is 26.5 Å². The van der Waals surface area contributed by atoms with E-state index in [1.54, 1.807) is 18.2 Å². The normalized spacial score (nSPS) is 17.0. The van der Waals surface area contributed by atoms with Gasteiger partial charge in [0, 0.05) is 44.5 Å². The van der Waals surface area contributed by atoms with E-state index in [-0.39, 0.29) is 5.91 Å². The fraction of sp³-hybridized carbons (Fsp3) is 0.375. The smallest absolute Gasteiger partial charge is 0.325 e. The molecule has 33 heavy (non-hydrogen) atoms. The molecule has 3 amide bonds. The van der Waals surface area contributed by atoms with Crippen molar-refractivity contribution in [3.05, 3.63) is 53.6 Å². The first-order valence-corrected chi connectivity index (χ1v) is 11.0. The summed E-state index contributed by atoms with van der Waals surface area (Å²) in [5.41, 5.74) is 2.33. The molecule has 2 aliphatic rings. The minimum absolute atomic E-state index is 0.342. The summed E-state index contributed by atoms with van der Waals surface area (Å²) in [5.74, 6) is 0.860. The Morgan fingerprint density at radius 1 is 1.03 bits per heavy atom. The van der Waals surface area contributed by atoms with Crippen LogP contribution in [0.4, 0.5) is 10.5 Å². The molecule has 1 saturated heterocycles. The largest absolute Gasteiger partial charge is 0.486 e.